The molecule has 0 heterocycles. The molecule has 0 aromatic rings. The zero-order valence-corrected chi connectivity index (χ0v) is 7.05. The average Bonchev–Trinajstić information content (AvgIpc) is 0. The molecule has 0 spiro atoms. The Morgan fingerprint density at radius 2 is 0.714 bits per heavy atom. The van der Waals surface area contributed by atoms with Gasteiger partial charge in [-0.3, -0.25) is 0 Å². The van der Waals surface area contributed by atoms with Crippen molar-refractivity contribution in [2.75, 3.05) is 0 Å². The van der Waals surface area contributed by atoms with Crippen LogP contribution in [0.4, 0.5) is 0 Å². The third kappa shape index (κ3) is 54.8. The molecule has 7 heavy (non-hydrogen) atoms. The maximum Gasteiger partial charge on any atom is 2.00 e. The Hall–Kier alpha value is 2.63. The van der Waals surface area contributed by atoms with Crippen molar-refractivity contribution in [3.05, 3.63) is 0 Å². The molecule has 0 fully saturated rings. The van der Waals surface area contributed by atoms with Gasteiger partial charge < -0.3 is 11.0 Å². The summed E-state index contributed by atoms with van der Waals surface area (Å²) in [5.41, 5.74) is 0. The third-order valence-electron chi connectivity index (χ3n) is 0. The second-order valence-corrected chi connectivity index (χ2v) is 0. The Morgan fingerprint density at radius 1 is 0.714 bits per heavy atom. The van der Waals surface area contributed by atoms with Gasteiger partial charge in [0.2, 0.25) is 0 Å². The summed E-state index contributed by atoms with van der Waals surface area (Å²) in [6.07, 6.45) is 0. The van der Waals surface area contributed by atoms with Crippen molar-refractivity contribution >= 4 is 0 Å². The van der Waals surface area contributed by atoms with E-state index in [1.54, 1.807) is 0 Å². The van der Waals surface area contributed by atoms with Gasteiger partial charge in [-0.2, -0.15) is 0 Å². The van der Waals surface area contributed by atoms with Gasteiger partial charge in [-0.1, -0.05) is 0 Å². The minimum atomic E-state index is 0. The molecule has 0 aromatic heterocycles. The van der Waals surface area contributed by atoms with Gasteiger partial charge in [0, 0.05) is 33.6 Å². The molecule has 7 heteroatoms. The first-order valence-electron chi connectivity index (χ1n) is 0. The van der Waals surface area contributed by atoms with E-state index in [0.29, 0.717) is 0 Å². The molecule has 0 aliphatic carbocycles. The topological polar surface area (TPSA) is 57.0 Å². The van der Waals surface area contributed by atoms with Crippen LogP contribution in [0.5, 0.6) is 0 Å². The molecule has 0 unspecified atom stereocenters. The Kier molecular flexibility index (Phi) is 1070. The molecule has 0 N–H and O–H groups in total. The molecular formula is CoLi2MnNiO2. The quantitative estimate of drug-likeness (QED) is 0.363. The van der Waals surface area contributed by atoms with Gasteiger partial charge in [0.25, 0.3) is 0 Å². The molecule has 0 saturated carbocycles. The molecule has 2 radical (unpaired) electrons. The van der Waals surface area contributed by atoms with E-state index in [1.807, 2.05) is 0 Å². The summed E-state index contributed by atoms with van der Waals surface area (Å²) < 4.78 is 0. The molecule has 2 nitrogen and oxygen atoms in total. The van der Waals surface area contributed by atoms with Crippen LogP contribution in [0.2, 0.25) is 0 Å². The maximum atomic E-state index is 0. The van der Waals surface area contributed by atoms with Gasteiger partial charge in [0.05, 0.1) is 0 Å². The van der Waals surface area contributed by atoms with Gasteiger partial charge in [-0.15, -0.1) is 0 Å². The van der Waals surface area contributed by atoms with Crippen LogP contribution in [0.3, 0.4) is 0 Å². The first-order chi connectivity index (χ1) is 0. The third-order valence-corrected chi connectivity index (χ3v) is 0. The second kappa shape index (κ2) is 72.5. The number of rotatable bonds is 0. The molecule has 0 aliphatic rings. The van der Waals surface area contributed by atoms with Gasteiger partial charge in [-0.25, -0.2) is 0 Å². The van der Waals surface area contributed by atoms with E-state index in [-0.39, 0.29) is 99.0 Å². The van der Waals surface area contributed by atoms with Gasteiger partial charge in [0.1, 0.15) is 0 Å². The predicted molar refractivity (Wildman–Crippen MR) is 1.37 cm³/mol. The first-order valence-corrected chi connectivity index (χ1v) is 0. The standard InChI is InChI=1S/Co.2Li.Mn.Ni.2O/q+2;2*+1;;;2*-2. The summed E-state index contributed by atoms with van der Waals surface area (Å²) in [5, 5.41) is 0. The summed E-state index contributed by atoms with van der Waals surface area (Å²) in [6.45, 7) is 0. The average molecular weight is 218 g/mol. The maximum absolute atomic E-state index is 0. The van der Waals surface area contributed by atoms with E-state index in [1.165, 1.54) is 0 Å². The molecule has 0 amide bonds. The van der Waals surface area contributed by atoms with Crippen LogP contribution in [0.15, 0.2) is 0 Å². The monoisotopic (exact) mass is 218 g/mol. The van der Waals surface area contributed by atoms with Crippen molar-refractivity contribution in [3.63, 3.8) is 0 Å². The molecular weight excluding hydrogens is 218 g/mol. The van der Waals surface area contributed by atoms with Crippen LogP contribution in [0.1, 0.15) is 0 Å². The van der Waals surface area contributed by atoms with Crippen molar-refractivity contribution in [3.8, 4) is 0 Å². The van der Waals surface area contributed by atoms with E-state index >= 15 is 0 Å². The minimum Gasteiger partial charge on any atom is -2.00 e. The summed E-state index contributed by atoms with van der Waals surface area (Å²) >= 11 is 0. The molecule has 0 bridgehead atoms. The van der Waals surface area contributed by atoms with Gasteiger partial charge >= 0.3 is 54.5 Å². The summed E-state index contributed by atoms with van der Waals surface area (Å²) in [5.74, 6) is 0. The SMILES string of the molecule is [Co+2].[Li+].[Li+].[Mn].[Ni].[O-2].[O-2]. The molecule has 0 saturated heterocycles. The smallest absolute Gasteiger partial charge is 2.00 e. The van der Waals surface area contributed by atoms with Gasteiger partial charge in [-0.05, 0) is 0 Å². The van der Waals surface area contributed by atoms with Crippen LogP contribution >= 0.6 is 0 Å². The summed E-state index contributed by atoms with van der Waals surface area (Å²) in [7, 11) is 0. The van der Waals surface area contributed by atoms with E-state index < -0.39 is 0 Å². The number of hydrogen-bond acceptors (Lipinski definition) is 0. The molecule has 0 atom stereocenters. The van der Waals surface area contributed by atoms with Crippen LogP contribution in [0.25, 0.3) is 0 Å². The van der Waals surface area contributed by atoms with Gasteiger partial charge in [0.15, 0.2) is 0 Å². The zero-order chi connectivity index (χ0) is 0. The molecule has 40 valence electrons. The van der Waals surface area contributed by atoms with Crippen molar-refractivity contribution in [1.82, 2.24) is 0 Å². The van der Waals surface area contributed by atoms with E-state index in [0.717, 1.165) is 0 Å². The van der Waals surface area contributed by atoms with Crippen LogP contribution in [-0.2, 0) is 61.3 Å². The van der Waals surface area contributed by atoms with E-state index in [2.05, 4.69) is 0 Å². The Morgan fingerprint density at radius 3 is 0.714 bits per heavy atom. The molecule has 0 aliphatic heterocycles. The molecule has 0 rings (SSSR count). The second-order valence-electron chi connectivity index (χ2n) is 0. The molecule has 0 aromatic carbocycles. The summed E-state index contributed by atoms with van der Waals surface area (Å²) in [6, 6.07) is 0. The minimum absolute atomic E-state index is 0. The number of hydrogen-bond donors (Lipinski definition) is 0. The first kappa shape index (κ1) is 104. The Bertz CT molecular complexity index is 15.7. The largest absolute Gasteiger partial charge is 2.00 e. The van der Waals surface area contributed by atoms with Crippen molar-refractivity contribution < 1.29 is 99.0 Å². The van der Waals surface area contributed by atoms with E-state index in [9.17, 15) is 0 Å². The Balaban J connectivity index is 0. The predicted octanol–water partition coefficient (Wildman–Crippen LogP) is -6.24. The summed E-state index contributed by atoms with van der Waals surface area (Å²) in [4.78, 5) is 0. The fraction of sp³-hybridized carbons (Fsp3) is 0. The van der Waals surface area contributed by atoms with E-state index in [4.69, 9.17) is 0 Å². The Labute approximate surface area is 97.9 Å². The van der Waals surface area contributed by atoms with Crippen LogP contribution in [-0.4, -0.2) is 0 Å². The van der Waals surface area contributed by atoms with Crippen LogP contribution < -0.4 is 37.7 Å². The van der Waals surface area contributed by atoms with Crippen molar-refractivity contribution in [1.29, 1.82) is 0 Å². The van der Waals surface area contributed by atoms with Crippen molar-refractivity contribution in [2.45, 2.75) is 0 Å². The fourth-order valence-electron chi connectivity index (χ4n) is 0. The normalized spacial score (nSPS) is 0. The zero-order valence-electron chi connectivity index (χ0n) is 3.84. The fourth-order valence-corrected chi connectivity index (χ4v) is 0. The van der Waals surface area contributed by atoms with Crippen molar-refractivity contribution in [2.24, 2.45) is 0 Å². The van der Waals surface area contributed by atoms with Crippen LogP contribution in [0, 0.1) is 0 Å².